The van der Waals surface area contributed by atoms with Crippen LogP contribution >= 0.6 is 12.2 Å². The minimum atomic E-state index is -3.37. The Kier molecular flexibility index (Phi) is 6.73. The van der Waals surface area contributed by atoms with Gasteiger partial charge in [-0.15, -0.1) is 0 Å². The van der Waals surface area contributed by atoms with E-state index in [4.69, 9.17) is 18.0 Å². The van der Waals surface area contributed by atoms with Crippen molar-refractivity contribution in [1.29, 1.82) is 0 Å². The first-order chi connectivity index (χ1) is 9.72. The molecule has 1 aromatic carbocycles. The molecule has 1 aromatic rings. The Morgan fingerprint density at radius 1 is 1.43 bits per heavy atom. The largest absolute Gasteiger partial charge is 0.393 e. The van der Waals surface area contributed by atoms with Gasteiger partial charge in [-0.05, 0) is 32.5 Å². The molecule has 0 aliphatic heterocycles. The molecular weight excluding hydrogens is 308 g/mol. The van der Waals surface area contributed by atoms with Crippen molar-refractivity contribution in [2.45, 2.75) is 24.3 Å². The second-order valence-electron chi connectivity index (χ2n) is 5.15. The van der Waals surface area contributed by atoms with Gasteiger partial charge in [0, 0.05) is 18.7 Å². The first kappa shape index (κ1) is 18.0. The number of nitrogens with zero attached hydrogens (tertiary/aromatic N) is 1. The third kappa shape index (κ3) is 6.09. The second kappa shape index (κ2) is 7.84. The first-order valence-electron chi connectivity index (χ1n) is 6.71. The van der Waals surface area contributed by atoms with Crippen LogP contribution in [0, 0.1) is 0 Å². The van der Waals surface area contributed by atoms with Crippen molar-refractivity contribution in [3.8, 4) is 0 Å². The molecule has 5 nitrogen and oxygen atoms in total. The first-order valence-corrected chi connectivity index (χ1v) is 8.77. The molecule has 3 N–H and O–H groups in total. The number of nitrogens with two attached hydrogens (primary N) is 1. The highest BCUT2D eigenvalue weighted by Crippen LogP contribution is 2.13. The zero-order valence-corrected chi connectivity index (χ0v) is 14.0. The topological polar surface area (TPSA) is 83.6 Å². The molecule has 0 saturated heterocycles. The predicted octanol–water partition coefficient (Wildman–Crippen LogP) is 0.797. The molecule has 0 aromatic heterocycles. The molecule has 0 aliphatic rings. The van der Waals surface area contributed by atoms with Crippen LogP contribution in [0.1, 0.15) is 18.9 Å². The van der Waals surface area contributed by atoms with Gasteiger partial charge in [-0.25, -0.2) is 8.42 Å². The smallest absolute Gasteiger partial charge is 0.179 e. The number of rotatable bonds is 8. The van der Waals surface area contributed by atoms with Crippen LogP contribution in [0.3, 0.4) is 0 Å². The van der Waals surface area contributed by atoms with Gasteiger partial charge in [-0.1, -0.05) is 24.4 Å². The van der Waals surface area contributed by atoms with Crippen LogP contribution < -0.4 is 5.73 Å². The summed E-state index contributed by atoms with van der Waals surface area (Å²) < 4.78 is 24.6. The normalized spacial score (nSPS) is 13.3. The van der Waals surface area contributed by atoms with Crippen molar-refractivity contribution in [3.63, 3.8) is 0 Å². The predicted molar refractivity (Wildman–Crippen MR) is 88.2 cm³/mol. The molecule has 0 heterocycles. The third-order valence-corrected chi connectivity index (χ3v) is 5.08. The van der Waals surface area contributed by atoms with Gasteiger partial charge in [0.15, 0.2) is 9.84 Å². The highest BCUT2D eigenvalue weighted by Gasteiger charge is 2.16. The zero-order valence-electron chi connectivity index (χ0n) is 12.3. The van der Waals surface area contributed by atoms with Crippen LogP contribution in [0.5, 0.6) is 0 Å². The van der Waals surface area contributed by atoms with Crippen LogP contribution in [0.2, 0.25) is 0 Å². The van der Waals surface area contributed by atoms with Crippen LogP contribution in [0.15, 0.2) is 29.2 Å². The fourth-order valence-corrected chi connectivity index (χ4v) is 3.26. The van der Waals surface area contributed by atoms with Crippen molar-refractivity contribution < 1.29 is 13.5 Å². The lowest BCUT2D eigenvalue weighted by Crippen LogP contribution is -2.28. The van der Waals surface area contributed by atoms with Gasteiger partial charge in [0.25, 0.3) is 0 Å². The van der Waals surface area contributed by atoms with E-state index in [0.29, 0.717) is 25.1 Å². The number of aliphatic hydroxyl groups is 1. The van der Waals surface area contributed by atoms with E-state index in [1.165, 1.54) is 6.07 Å². The van der Waals surface area contributed by atoms with E-state index >= 15 is 0 Å². The number of sulfone groups is 1. The van der Waals surface area contributed by atoms with E-state index in [-0.39, 0.29) is 21.7 Å². The molecular formula is C14H22N2O3S2. The van der Waals surface area contributed by atoms with Gasteiger partial charge < -0.3 is 15.7 Å². The summed E-state index contributed by atoms with van der Waals surface area (Å²) in [5.74, 6) is 0.0180. The number of benzene rings is 1. The van der Waals surface area contributed by atoms with Crippen molar-refractivity contribution in [1.82, 2.24) is 4.90 Å². The molecule has 0 bridgehead atoms. The van der Waals surface area contributed by atoms with E-state index in [1.807, 2.05) is 11.9 Å². The summed E-state index contributed by atoms with van der Waals surface area (Å²) in [5, 5.41) is 9.22. The highest BCUT2D eigenvalue weighted by molar-refractivity contribution is 7.91. The zero-order chi connectivity index (χ0) is 16.0. The average Bonchev–Trinajstić information content (AvgIpc) is 2.43. The average molecular weight is 330 g/mol. The van der Waals surface area contributed by atoms with Crippen LogP contribution in [-0.2, 0) is 9.84 Å². The van der Waals surface area contributed by atoms with Gasteiger partial charge in [0.05, 0.1) is 16.8 Å². The lowest BCUT2D eigenvalue weighted by Gasteiger charge is -2.17. The highest BCUT2D eigenvalue weighted by atomic mass is 32.2. The minimum Gasteiger partial charge on any atom is -0.393 e. The van der Waals surface area contributed by atoms with Crippen LogP contribution in [0.25, 0.3) is 0 Å². The monoisotopic (exact) mass is 330 g/mol. The summed E-state index contributed by atoms with van der Waals surface area (Å²) in [5.41, 5.74) is 6.07. The number of aliphatic hydroxyl groups excluding tert-OH is 1. The quantitative estimate of drug-likeness (QED) is 0.686. The molecule has 1 rings (SSSR count). The summed E-state index contributed by atoms with van der Waals surface area (Å²) in [6.45, 7) is 2.78. The van der Waals surface area contributed by atoms with Crippen molar-refractivity contribution in [2.75, 3.05) is 25.9 Å². The van der Waals surface area contributed by atoms with Crippen LogP contribution in [-0.4, -0.2) is 55.4 Å². The van der Waals surface area contributed by atoms with E-state index in [9.17, 15) is 13.5 Å². The fraction of sp³-hybridized carbons (Fsp3) is 0.500. The third-order valence-electron chi connectivity index (χ3n) is 3.15. The molecule has 0 radical (unpaired) electrons. The Hall–Kier alpha value is -1.02. The molecule has 0 spiro atoms. The molecule has 0 fully saturated rings. The number of hydrogen-bond acceptors (Lipinski definition) is 5. The lowest BCUT2D eigenvalue weighted by molar-refractivity contribution is 0.166. The number of hydrogen-bond donors (Lipinski definition) is 2. The van der Waals surface area contributed by atoms with Gasteiger partial charge in [-0.3, -0.25) is 0 Å². The Morgan fingerprint density at radius 2 is 2.10 bits per heavy atom. The van der Waals surface area contributed by atoms with Crippen molar-refractivity contribution in [2.24, 2.45) is 5.73 Å². The Labute approximate surface area is 131 Å². The van der Waals surface area contributed by atoms with Crippen molar-refractivity contribution >= 4 is 27.0 Å². The SMILES string of the molecule is CC(O)CCN(C)CCS(=O)(=O)c1cccc(C(N)=S)c1. The summed E-state index contributed by atoms with van der Waals surface area (Å²) in [6, 6.07) is 6.38. The summed E-state index contributed by atoms with van der Waals surface area (Å²) in [7, 11) is -1.53. The van der Waals surface area contributed by atoms with Crippen LogP contribution in [0.4, 0.5) is 0 Å². The maximum absolute atomic E-state index is 12.3. The minimum absolute atomic E-state index is 0.0180. The molecule has 1 unspecified atom stereocenters. The number of thiocarbonyl (C=S) groups is 1. The van der Waals surface area contributed by atoms with E-state index in [1.54, 1.807) is 25.1 Å². The van der Waals surface area contributed by atoms with E-state index < -0.39 is 9.84 Å². The molecule has 118 valence electrons. The lowest BCUT2D eigenvalue weighted by atomic mass is 10.2. The van der Waals surface area contributed by atoms with Gasteiger partial charge in [0.2, 0.25) is 0 Å². The molecule has 7 heteroatoms. The van der Waals surface area contributed by atoms with Gasteiger partial charge in [-0.2, -0.15) is 0 Å². The van der Waals surface area contributed by atoms with Gasteiger partial charge >= 0.3 is 0 Å². The summed E-state index contributed by atoms with van der Waals surface area (Å²) in [6.07, 6.45) is 0.235. The standard InChI is InChI=1S/C14H22N2O3S2/c1-11(17)6-7-16(2)8-9-21(18,19)13-5-3-4-12(10-13)14(15)20/h3-5,10-11,17H,6-9H2,1-2H3,(H2,15,20). The molecule has 1 atom stereocenters. The Bertz CT molecular complexity index is 586. The van der Waals surface area contributed by atoms with E-state index in [2.05, 4.69) is 0 Å². The summed E-state index contributed by atoms with van der Waals surface area (Å²) in [4.78, 5) is 2.31. The molecule has 0 aliphatic carbocycles. The fourth-order valence-electron chi connectivity index (χ4n) is 1.76. The Morgan fingerprint density at radius 3 is 2.67 bits per heavy atom. The van der Waals surface area contributed by atoms with E-state index in [0.717, 1.165) is 0 Å². The maximum atomic E-state index is 12.3. The van der Waals surface area contributed by atoms with Gasteiger partial charge in [0.1, 0.15) is 4.99 Å². The Balaban J connectivity index is 2.69. The van der Waals surface area contributed by atoms with Crippen molar-refractivity contribution in [3.05, 3.63) is 29.8 Å². The molecule has 0 amide bonds. The maximum Gasteiger partial charge on any atom is 0.179 e. The molecule has 0 saturated carbocycles. The molecule has 21 heavy (non-hydrogen) atoms. The summed E-state index contributed by atoms with van der Waals surface area (Å²) >= 11 is 4.86. The second-order valence-corrected chi connectivity index (χ2v) is 7.70.